The van der Waals surface area contributed by atoms with Gasteiger partial charge in [-0.3, -0.25) is 0 Å². The van der Waals surface area contributed by atoms with Crippen LogP contribution < -0.4 is 10.6 Å². The second-order valence-corrected chi connectivity index (χ2v) is 3.03. The normalized spacial score (nSPS) is 22.2. The standard InChI is InChI=1S/C9H14N4/c1-2-4-12-9(11-3-1)13-7-5-10-6-8-13/h1-4,10H,5-8H2,(H,11,12). The van der Waals surface area contributed by atoms with Crippen LogP contribution >= 0.6 is 0 Å². The SMILES string of the molecule is C1=CN=C(N2CCNCC2)NC=C1. The first-order valence-corrected chi connectivity index (χ1v) is 4.58. The van der Waals surface area contributed by atoms with E-state index in [1.807, 2.05) is 24.6 Å². The lowest BCUT2D eigenvalue weighted by atomic mass is 10.4. The first-order chi connectivity index (χ1) is 6.47. The Labute approximate surface area is 78.0 Å². The Morgan fingerprint density at radius 1 is 1.23 bits per heavy atom. The molecule has 0 amide bonds. The van der Waals surface area contributed by atoms with Crippen LogP contribution in [0, 0.1) is 0 Å². The molecule has 0 unspecified atom stereocenters. The Morgan fingerprint density at radius 2 is 2.08 bits per heavy atom. The van der Waals surface area contributed by atoms with Crippen molar-refractivity contribution in [3.63, 3.8) is 0 Å². The summed E-state index contributed by atoms with van der Waals surface area (Å²) in [5.74, 6) is 0.950. The van der Waals surface area contributed by atoms with Crippen LogP contribution in [-0.2, 0) is 0 Å². The molecule has 4 heteroatoms. The van der Waals surface area contributed by atoms with Crippen molar-refractivity contribution in [3.05, 3.63) is 24.6 Å². The molecule has 1 fully saturated rings. The number of aliphatic imine (C=N–C) groups is 1. The zero-order chi connectivity index (χ0) is 8.93. The molecule has 2 rings (SSSR count). The fourth-order valence-corrected chi connectivity index (χ4v) is 1.43. The van der Waals surface area contributed by atoms with E-state index in [-0.39, 0.29) is 0 Å². The van der Waals surface area contributed by atoms with Crippen LogP contribution in [-0.4, -0.2) is 37.0 Å². The predicted molar refractivity (Wildman–Crippen MR) is 53.3 cm³/mol. The topological polar surface area (TPSA) is 39.7 Å². The van der Waals surface area contributed by atoms with Crippen LogP contribution in [0.2, 0.25) is 0 Å². The predicted octanol–water partition coefficient (Wildman–Crippen LogP) is -0.122. The highest BCUT2D eigenvalue weighted by Gasteiger charge is 2.12. The van der Waals surface area contributed by atoms with Gasteiger partial charge in [-0.2, -0.15) is 0 Å². The van der Waals surface area contributed by atoms with Crippen molar-refractivity contribution in [2.75, 3.05) is 26.2 Å². The van der Waals surface area contributed by atoms with Gasteiger partial charge in [-0.15, -0.1) is 0 Å². The van der Waals surface area contributed by atoms with E-state index in [1.165, 1.54) is 0 Å². The highest BCUT2D eigenvalue weighted by molar-refractivity contribution is 5.82. The van der Waals surface area contributed by atoms with Crippen molar-refractivity contribution in [3.8, 4) is 0 Å². The van der Waals surface area contributed by atoms with Crippen LogP contribution in [0.4, 0.5) is 0 Å². The molecular weight excluding hydrogens is 164 g/mol. The number of nitrogens with one attached hydrogen (secondary N) is 2. The third-order valence-electron chi connectivity index (χ3n) is 2.12. The molecule has 4 nitrogen and oxygen atoms in total. The van der Waals surface area contributed by atoms with Gasteiger partial charge in [-0.05, 0) is 12.2 Å². The first-order valence-electron chi connectivity index (χ1n) is 4.58. The van der Waals surface area contributed by atoms with Gasteiger partial charge in [0.2, 0.25) is 5.96 Å². The second-order valence-electron chi connectivity index (χ2n) is 3.03. The Morgan fingerprint density at radius 3 is 2.92 bits per heavy atom. The molecule has 2 N–H and O–H groups in total. The van der Waals surface area contributed by atoms with E-state index >= 15 is 0 Å². The molecule has 13 heavy (non-hydrogen) atoms. The number of hydrogen-bond donors (Lipinski definition) is 2. The lowest BCUT2D eigenvalue weighted by molar-refractivity contribution is 0.350. The molecule has 2 heterocycles. The highest BCUT2D eigenvalue weighted by atomic mass is 15.3. The van der Waals surface area contributed by atoms with Crippen molar-refractivity contribution in [1.29, 1.82) is 0 Å². The van der Waals surface area contributed by atoms with E-state index < -0.39 is 0 Å². The molecule has 0 saturated carbocycles. The summed E-state index contributed by atoms with van der Waals surface area (Å²) >= 11 is 0. The lowest BCUT2D eigenvalue weighted by Gasteiger charge is -2.29. The molecular formula is C9H14N4. The van der Waals surface area contributed by atoms with E-state index in [0.29, 0.717) is 0 Å². The number of nitrogens with zero attached hydrogens (tertiary/aromatic N) is 2. The summed E-state index contributed by atoms with van der Waals surface area (Å²) in [6.07, 6.45) is 7.58. The maximum atomic E-state index is 4.31. The number of allylic oxidation sites excluding steroid dienone is 2. The number of guanidine groups is 1. The average Bonchev–Trinajstić information content (AvgIpc) is 2.47. The molecule has 2 aliphatic rings. The molecule has 0 atom stereocenters. The third-order valence-corrected chi connectivity index (χ3v) is 2.12. The summed E-state index contributed by atoms with van der Waals surface area (Å²) < 4.78 is 0. The van der Waals surface area contributed by atoms with Gasteiger partial charge in [0.05, 0.1) is 0 Å². The van der Waals surface area contributed by atoms with Crippen LogP contribution in [0.1, 0.15) is 0 Å². The minimum atomic E-state index is 0.950. The number of rotatable bonds is 0. The van der Waals surface area contributed by atoms with Gasteiger partial charge in [-0.25, -0.2) is 4.99 Å². The molecule has 0 aromatic carbocycles. The fraction of sp³-hybridized carbons (Fsp3) is 0.444. The van der Waals surface area contributed by atoms with Crippen molar-refractivity contribution >= 4 is 5.96 Å². The maximum absolute atomic E-state index is 4.31. The monoisotopic (exact) mass is 178 g/mol. The Hall–Kier alpha value is -1.29. The van der Waals surface area contributed by atoms with E-state index in [1.54, 1.807) is 0 Å². The maximum Gasteiger partial charge on any atom is 0.202 e. The number of piperazine rings is 1. The average molecular weight is 178 g/mol. The fourth-order valence-electron chi connectivity index (χ4n) is 1.43. The summed E-state index contributed by atoms with van der Waals surface area (Å²) in [5.41, 5.74) is 0. The molecule has 0 spiro atoms. The highest BCUT2D eigenvalue weighted by Crippen LogP contribution is 1.96. The summed E-state index contributed by atoms with van der Waals surface area (Å²) in [6.45, 7) is 4.11. The molecule has 0 bridgehead atoms. The quantitative estimate of drug-likeness (QED) is 0.543. The zero-order valence-corrected chi connectivity index (χ0v) is 7.53. The van der Waals surface area contributed by atoms with E-state index in [4.69, 9.17) is 0 Å². The van der Waals surface area contributed by atoms with Crippen molar-refractivity contribution in [1.82, 2.24) is 15.5 Å². The Kier molecular flexibility index (Phi) is 2.62. The van der Waals surface area contributed by atoms with Crippen molar-refractivity contribution in [2.24, 2.45) is 4.99 Å². The summed E-state index contributed by atoms with van der Waals surface area (Å²) in [7, 11) is 0. The van der Waals surface area contributed by atoms with Gasteiger partial charge >= 0.3 is 0 Å². The minimum Gasteiger partial charge on any atom is -0.340 e. The van der Waals surface area contributed by atoms with E-state index in [0.717, 1.165) is 32.1 Å². The summed E-state index contributed by atoms with van der Waals surface area (Å²) in [5, 5.41) is 6.47. The van der Waals surface area contributed by atoms with Crippen LogP contribution in [0.25, 0.3) is 0 Å². The van der Waals surface area contributed by atoms with Gasteiger partial charge < -0.3 is 15.5 Å². The minimum absolute atomic E-state index is 0.950. The van der Waals surface area contributed by atoms with Crippen LogP contribution in [0.5, 0.6) is 0 Å². The van der Waals surface area contributed by atoms with Gasteiger partial charge in [0.25, 0.3) is 0 Å². The van der Waals surface area contributed by atoms with E-state index in [9.17, 15) is 0 Å². The van der Waals surface area contributed by atoms with Gasteiger partial charge in [0.1, 0.15) is 0 Å². The van der Waals surface area contributed by atoms with Crippen LogP contribution in [0.15, 0.2) is 29.5 Å². The van der Waals surface area contributed by atoms with Crippen molar-refractivity contribution < 1.29 is 0 Å². The van der Waals surface area contributed by atoms with Gasteiger partial charge in [-0.1, -0.05) is 0 Å². The van der Waals surface area contributed by atoms with Crippen LogP contribution in [0.3, 0.4) is 0 Å². The molecule has 0 radical (unpaired) electrons. The molecule has 1 saturated heterocycles. The first kappa shape index (κ1) is 8.31. The zero-order valence-electron chi connectivity index (χ0n) is 7.53. The molecule has 0 aromatic rings. The third kappa shape index (κ3) is 2.09. The summed E-state index contributed by atoms with van der Waals surface area (Å²) in [4.78, 5) is 6.55. The van der Waals surface area contributed by atoms with Gasteiger partial charge in [0.15, 0.2) is 0 Å². The molecule has 2 aliphatic heterocycles. The lowest BCUT2D eigenvalue weighted by Crippen LogP contribution is -2.49. The molecule has 70 valence electrons. The molecule has 0 aliphatic carbocycles. The molecule has 0 aromatic heterocycles. The Balaban J connectivity index is 2.01. The van der Waals surface area contributed by atoms with E-state index in [2.05, 4.69) is 20.5 Å². The second kappa shape index (κ2) is 4.09. The summed E-state index contributed by atoms with van der Waals surface area (Å²) in [6, 6.07) is 0. The van der Waals surface area contributed by atoms with Gasteiger partial charge in [0, 0.05) is 38.6 Å². The van der Waals surface area contributed by atoms with Crippen molar-refractivity contribution in [2.45, 2.75) is 0 Å². The largest absolute Gasteiger partial charge is 0.340 e. The smallest absolute Gasteiger partial charge is 0.202 e. The number of hydrogen-bond acceptors (Lipinski definition) is 4. The Bertz CT molecular complexity index is 248.